The average Bonchev–Trinajstić information content (AvgIpc) is 3.37. The molecule has 1 aromatic carbocycles. The Morgan fingerprint density at radius 2 is 1.89 bits per heavy atom. The Kier molecular flexibility index (Phi) is 6.82. The number of hydrogen-bond donors (Lipinski definition) is 2. The molecule has 2 aliphatic rings. The molecule has 156 valence electrons. The van der Waals surface area contributed by atoms with E-state index in [1.807, 2.05) is 6.92 Å². The van der Waals surface area contributed by atoms with E-state index in [4.69, 9.17) is 9.73 Å². The maximum absolute atomic E-state index is 12.9. The van der Waals surface area contributed by atoms with Crippen molar-refractivity contribution >= 4 is 5.96 Å². The van der Waals surface area contributed by atoms with E-state index >= 15 is 0 Å². The molecular weight excluding hydrogens is 369 g/mol. The molecule has 0 aromatic heterocycles. The number of guanidine groups is 1. The number of rotatable bonds is 6. The van der Waals surface area contributed by atoms with Crippen LogP contribution >= 0.6 is 0 Å². The molecule has 1 saturated heterocycles. The molecule has 0 bridgehead atoms. The molecule has 5 nitrogen and oxygen atoms in total. The quantitative estimate of drug-likeness (QED) is 0.571. The SMILES string of the molecule is CCNC(=NCC(c1ccc(C(F)(F)F)cc1)N1CCOCC1)NC1CC1C. The molecule has 1 aliphatic carbocycles. The van der Waals surface area contributed by atoms with E-state index in [9.17, 15) is 13.2 Å². The van der Waals surface area contributed by atoms with Crippen molar-refractivity contribution in [3.8, 4) is 0 Å². The lowest BCUT2D eigenvalue weighted by atomic mass is 10.0. The highest BCUT2D eigenvalue weighted by molar-refractivity contribution is 5.80. The molecule has 8 heteroatoms. The lowest BCUT2D eigenvalue weighted by Crippen LogP contribution is -2.42. The largest absolute Gasteiger partial charge is 0.416 e. The summed E-state index contributed by atoms with van der Waals surface area (Å²) in [7, 11) is 0. The summed E-state index contributed by atoms with van der Waals surface area (Å²) in [5.41, 5.74) is 0.215. The third-order valence-electron chi connectivity index (χ3n) is 5.31. The second-order valence-corrected chi connectivity index (χ2v) is 7.47. The van der Waals surface area contributed by atoms with Gasteiger partial charge in [0.05, 0.1) is 31.4 Å². The van der Waals surface area contributed by atoms with Crippen LogP contribution in [0.1, 0.15) is 37.4 Å². The number of aliphatic imine (C=N–C) groups is 1. The first-order valence-corrected chi connectivity index (χ1v) is 9.92. The standard InChI is InChI=1S/C20H29F3N4O/c1-3-24-19(26-17-12-14(17)2)25-13-18(27-8-10-28-11-9-27)15-4-6-16(7-5-15)20(21,22)23/h4-7,14,17-18H,3,8-13H2,1-2H3,(H2,24,25,26). The minimum atomic E-state index is -4.33. The smallest absolute Gasteiger partial charge is 0.379 e. The van der Waals surface area contributed by atoms with Gasteiger partial charge >= 0.3 is 6.18 Å². The molecule has 2 fully saturated rings. The molecule has 1 aliphatic heterocycles. The topological polar surface area (TPSA) is 48.9 Å². The van der Waals surface area contributed by atoms with Gasteiger partial charge in [-0.2, -0.15) is 13.2 Å². The number of nitrogens with zero attached hydrogens (tertiary/aromatic N) is 2. The van der Waals surface area contributed by atoms with Crippen molar-refractivity contribution in [3.63, 3.8) is 0 Å². The lowest BCUT2D eigenvalue weighted by Gasteiger charge is -2.34. The zero-order valence-electron chi connectivity index (χ0n) is 16.4. The molecule has 1 saturated carbocycles. The van der Waals surface area contributed by atoms with Crippen LogP contribution in [0.3, 0.4) is 0 Å². The van der Waals surface area contributed by atoms with Crippen LogP contribution in [-0.2, 0) is 10.9 Å². The monoisotopic (exact) mass is 398 g/mol. The Morgan fingerprint density at radius 1 is 1.25 bits per heavy atom. The van der Waals surface area contributed by atoms with Crippen molar-refractivity contribution in [3.05, 3.63) is 35.4 Å². The maximum Gasteiger partial charge on any atom is 0.416 e. The fourth-order valence-corrected chi connectivity index (χ4v) is 3.41. The van der Waals surface area contributed by atoms with Gasteiger partial charge in [-0.1, -0.05) is 19.1 Å². The first-order chi connectivity index (χ1) is 13.4. The summed E-state index contributed by atoms with van der Waals surface area (Å²) in [6.07, 6.45) is -3.19. The van der Waals surface area contributed by atoms with Crippen LogP contribution in [0.4, 0.5) is 13.2 Å². The third kappa shape index (κ3) is 5.61. The third-order valence-corrected chi connectivity index (χ3v) is 5.31. The first-order valence-electron chi connectivity index (χ1n) is 9.92. The zero-order valence-corrected chi connectivity index (χ0v) is 16.4. The molecule has 3 unspecified atom stereocenters. The first kappa shape index (κ1) is 20.9. The van der Waals surface area contributed by atoms with E-state index < -0.39 is 11.7 Å². The molecule has 0 spiro atoms. The van der Waals surface area contributed by atoms with Gasteiger partial charge in [0.1, 0.15) is 0 Å². The Hall–Kier alpha value is -1.80. The Bertz CT molecular complexity index is 656. The zero-order chi connectivity index (χ0) is 20.1. The normalized spacial score (nSPS) is 24.7. The van der Waals surface area contributed by atoms with Gasteiger partial charge in [0, 0.05) is 25.7 Å². The molecule has 1 aromatic rings. The van der Waals surface area contributed by atoms with Gasteiger partial charge in [-0.15, -0.1) is 0 Å². The number of nitrogens with one attached hydrogen (secondary N) is 2. The summed E-state index contributed by atoms with van der Waals surface area (Å²) in [5, 5.41) is 6.69. The lowest BCUT2D eigenvalue weighted by molar-refractivity contribution is -0.137. The van der Waals surface area contributed by atoms with Gasteiger partial charge in [-0.25, -0.2) is 0 Å². The second kappa shape index (κ2) is 9.13. The second-order valence-electron chi connectivity index (χ2n) is 7.47. The highest BCUT2D eigenvalue weighted by Gasteiger charge is 2.33. The molecule has 3 atom stereocenters. The summed E-state index contributed by atoms with van der Waals surface area (Å²) >= 11 is 0. The van der Waals surface area contributed by atoms with E-state index in [1.165, 1.54) is 0 Å². The van der Waals surface area contributed by atoms with E-state index in [2.05, 4.69) is 22.5 Å². The van der Waals surface area contributed by atoms with Gasteiger partial charge in [0.15, 0.2) is 5.96 Å². The number of ether oxygens (including phenoxy) is 1. The van der Waals surface area contributed by atoms with Gasteiger partial charge < -0.3 is 15.4 Å². The summed E-state index contributed by atoms with van der Waals surface area (Å²) in [4.78, 5) is 6.98. The van der Waals surface area contributed by atoms with Crippen LogP contribution < -0.4 is 10.6 Å². The van der Waals surface area contributed by atoms with Crippen molar-refractivity contribution in [1.29, 1.82) is 0 Å². The molecular formula is C20H29F3N4O. The van der Waals surface area contributed by atoms with Gasteiger partial charge in [0.2, 0.25) is 0 Å². The van der Waals surface area contributed by atoms with Crippen molar-refractivity contribution in [1.82, 2.24) is 15.5 Å². The minimum Gasteiger partial charge on any atom is -0.379 e. The van der Waals surface area contributed by atoms with Crippen molar-refractivity contribution in [2.45, 2.75) is 38.5 Å². The summed E-state index contributed by atoms with van der Waals surface area (Å²) < 4.78 is 44.2. The van der Waals surface area contributed by atoms with Gasteiger partial charge in [0.25, 0.3) is 0 Å². The number of morpholine rings is 1. The van der Waals surface area contributed by atoms with Crippen LogP contribution in [-0.4, -0.2) is 56.3 Å². The van der Waals surface area contributed by atoms with Crippen LogP contribution in [0.2, 0.25) is 0 Å². The van der Waals surface area contributed by atoms with Crippen LogP contribution in [0.5, 0.6) is 0 Å². The van der Waals surface area contributed by atoms with Crippen LogP contribution in [0, 0.1) is 5.92 Å². The molecule has 3 rings (SSSR count). The summed E-state index contributed by atoms with van der Waals surface area (Å²) in [6, 6.07) is 5.82. The van der Waals surface area contributed by atoms with E-state index in [1.54, 1.807) is 12.1 Å². The van der Waals surface area contributed by atoms with E-state index in [0.717, 1.165) is 49.7 Å². The van der Waals surface area contributed by atoms with E-state index in [-0.39, 0.29) is 6.04 Å². The van der Waals surface area contributed by atoms with Crippen LogP contribution in [0.15, 0.2) is 29.3 Å². The molecule has 2 N–H and O–H groups in total. The summed E-state index contributed by atoms with van der Waals surface area (Å²) in [5.74, 6) is 1.41. The summed E-state index contributed by atoms with van der Waals surface area (Å²) in [6.45, 7) is 8.17. The molecule has 1 heterocycles. The number of alkyl halides is 3. The fraction of sp³-hybridized carbons (Fsp3) is 0.650. The Labute approximate surface area is 164 Å². The van der Waals surface area contributed by atoms with Crippen molar-refractivity contribution < 1.29 is 17.9 Å². The predicted molar refractivity (Wildman–Crippen MR) is 103 cm³/mol. The maximum atomic E-state index is 12.9. The highest BCUT2D eigenvalue weighted by atomic mass is 19.4. The highest BCUT2D eigenvalue weighted by Crippen LogP contribution is 2.31. The van der Waals surface area contributed by atoms with Gasteiger partial charge in [-0.05, 0) is 37.0 Å². The van der Waals surface area contributed by atoms with Crippen molar-refractivity contribution in [2.75, 3.05) is 39.4 Å². The minimum absolute atomic E-state index is 0.0849. The fourth-order valence-electron chi connectivity index (χ4n) is 3.41. The molecule has 0 amide bonds. The molecule has 0 radical (unpaired) electrons. The molecule has 28 heavy (non-hydrogen) atoms. The van der Waals surface area contributed by atoms with E-state index in [0.29, 0.717) is 31.7 Å². The Balaban J connectivity index is 1.77. The van der Waals surface area contributed by atoms with Crippen LogP contribution in [0.25, 0.3) is 0 Å². The number of benzene rings is 1. The number of halogens is 3. The average molecular weight is 398 g/mol. The Morgan fingerprint density at radius 3 is 2.43 bits per heavy atom. The van der Waals surface area contributed by atoms with Crippen molar-refractivity contribution in [2.24, 2.45) is 10.9 Å². The number of hydrogen-bond acceptors (Lipinski definition) is 3. The van der Waals surface area contributed by atoms with Gasteiger partial charge in [-0.3, -0.25) is 9.89 Å². The predicted octanol–water partition coefficient (Wildman–Crippen LogP) is 3.04.